The van der Waals surface area contributed by atoms with Gasteiger partial charge in [-0.05, 0) is 37.3 Å². The van der Waals surface area contributed by atoms with E-state index in [1.165, 1.54) is 44.4 Å². The normalized spacial score (nSPS) is 13.8. The number of imide groups is 1. The smallest absolute Gasteiger partial charge is 0.339 e. The molecule has 1 unspecified atom stereocenters. The molecule has 1 saturated heterocycles. The molecule has 3 rings (SSSR count). The molecule has 1 N–H and O–H groups in total. The summed E-state index contributed by atoms with van der Waals surface area (Å²) in [5.74, 6) is -1.34. The summed E-state index contributed by atoms with van der Waals surface area (Å²) < 4.78 is 16.0. The molecular formula is C20H18ClN3O8. The predicted octanol–water partition coefficient (Wildman–Crippen LogP) is 3.15. The molecule has 1 aliphatic rings. The quantitative estimate of drug-likeness (QED) is 0.375. The van der Waals surface area contributed by atoms with E-state index < -0.39 is 28.9 Å². The molecule has 1 atom stereocenters. The third-order valence-electron chi connectivity index (χ3n) is 4.49. The lowest BCUT2D eigenvalue weighted by Crippen LogP contribution is -2.41. The number of carbonyl (C=O) groups excluding carboxylic acids is 3. The van der Waals surface area contributed by atoms with Crippen molar-refractivity contribution in [2.45, 2.75) is 13.0 Å². The zero-order valence-corrected chi connectivity index (χ0v) is 17.7. The highest BCUT2D eigenvalue weighted by Crippen LogP contribution is 2.38. The highest BCUT2D eigenvalue weighted by molar-refractivity contribution is 6.30. The molecule has 2 aromatic rings. The van der Waals surface area contributed by atoms with Crippen LogP contribution >= 0.6 is 11.6 Å². The lowest BCUT2D eigenvalue weighted by Gasteiger charge is -2.18. The molecular weight excluding hydrogens is 446 g/mol. The topological polar surface area (TPSA) is 137 Å². The SMILES string of the molecule is COc1cc(C(=O)OC(C)C(=O)N2CCNC2=O)ccc1Oc1ccc(Cl)cc1[N+](=O)[O-]. The molecule has 168 valence electrons. The van der Waals surface area contributed by atoms with Gasteiger partial charge in [-0.1, -0.05) is 11.6 Å². The zero-order valence-electron chi connectivity index (χ0n) is 17.0. The van der Waals surface area contributed by atoms with Crippen LogP contribution in [-0.4, -0.2) is 54.0 Å². The van der Waals surface area contributed by atoms with Crippen LogP contribution in [0.4, 0.5) is 10.5 Å². The Morgan fingerprint density at radius 2 is 1.91 bits per heavy atom. The van der Waals surface area contributed by atoms with E-state index in [9.17, 15) is 24.5 Å². The Morgan fingerprint density at radius 1 is 1.19 bits per heavy atom. The number of hydrogen-bond donors (Lipinski definition) is 1. The van der Waals surface area contributed by atoms with Gasteiger partial charge in [0.05, 0.1) is 17.6 Å². The van der Waals surface area contributed by atoms with Crippen LogP contribution in [0.3, 0.4) is 0 Å². The summed E-state index contributed by atoms with van der Waals surface area (Å²) in [5, 5.41) is 13.9. The Morgan fingerprint density at radius 3 is 2.53 bits per heavy atom. The van der Waals surface area contributed by atoms with Crippen LogP contribution < -0.4 is 14.8 Å². The molecule has 0 aromatic heterocycles. The highest BCUT2D eigenvalue weighted by Gasteiger charge is 2.32. The number of hydrogen-bond acceptors (Lipinski definition) is 8. The van der Waals surface area contributed by atoms with Crippen molar-refractivity contribution in [3.05, 3.63) is 57.1 Å². The summed E-state index contributed by atoms with van der Waals surface area (Å²) in [6.45, 7) is 1.88. The first-order valence-electron chi connectivity index (χ1n) is 9.31. The molecule has 0 radical (unpaired) electrons. The molecule has 0 aliphatic carbocycles. The van der Waals surface area contributed by atoms with Gasteiger partial charge in [-0.2, -0.15) is 0 Å². The van der Waals surface area contributed by atoms with Crippen LogP contribution in [0.25, 0.3) is 0 Å². The highest BCUT2D eigenvalue weighted by atomic mass is 35.5. The number of ether oxygens (including phenoxy) is 3. The van der Waals surface area contributed by atoms with E-state index >= 15 is 0 Å². The van der Waals surface area contributed by atoms with Crippen LogP contribution in [0.5, 0.6) is 17.2 Å². The second-order valence-electron chi connectivity index (χ2n) is 6.61. The maximum Gasteiger partial charge on any atom is 0.339 e. The summed E-state index contributed by atoms with van der Waals surface area (Å²) in [6.07, 6.45) is -1.19. The third-order valence-corrected chi connectivity index (χ3v) is 4.73. The maximum absolute atomic E-state index is 12.5. The van der Waals surface area contributed by atoms with Crippen LogP contribution in [0.15, 0.2) is 36.4 Å². The minimum atomic E-state index is -1.19. The molecule has 12 heteroatoms. The van der Waals surface area contributed by atoms with Crippen molar-refractivity contribution < 1.29 is 33.5 Å². The Labute approximate surface area is 186 Å². The Bertz CT molecular complexity index is 1090. The van der Waals surface area contributed by atoms with E-state index in [1.54, 1.807) is 0 Å². The van der Waals surface area contributed by atoms with Gasteiger partial charge >= 0.3 is 17.7 Å². The molecule has 1 aliphatic heterocycles. The monoisotopic (exact) mass is 463 g/mol. The third kappa shape index (κ3) is 4.89. The second-order valence-corrected chi connectivity index (χ2v) is 7.04. The molecule has 2 aromatic carbocycles. The van der Waals surface area contributed by atoms with Crippen molar-refractivity contribution in [1.29, 1.82) is 0 Å². The van der Waals surface area contributed by atoms with Gasteiger partial charge in [0.25, 0.3) is 5.91 Å². The molecule has 0 spiro atoms. The molecule has 1 heterocycles. The summed E-state index contributed by atoms with van der Waals surface area (Å²) in [4.78, 5) is 48.0. The number of benzene rings is 2. The molecule has 11 nitrogen and oxygen atoms in total. The number of methoxy groups -OCH3 is 1. The van der Waals surface area contributed by atoms with Gasteiger partial charge in [0.15, 0.2) is 17.6 Å². The fraction of sp³-hybridized carbons (Fsp3) is 0.250. The van der Waals surface area contributed by atoms with Crippen molar-refractivity contribution in [3.63, 3.8) is 0 Å². The summed E-state index contributed by atoms with van der Waals surface area (Å²) >= 11 is 5.81. The molecule has 32 heavy (non-hydrogen) atoms. The number of nitrogens with one attached hydrogen (secondary N) is 1. The number of halogens is 1. The molecule has 0 bridgehead atoms. The number of carbonyl (C=O) groups is 3. The number of nitro groups is 1. The Kier molecular flexibility index (Phi) is 6.79. The second kappa shape index (κ2) is 9.52. The standard InChI is InChI=1S/C20H18ClN3O8/c1-11(18(25)23-8-7-22-20(23)27)31-19(26)12-3-5-16(17(9-12)30-2)32-15-6-4-13(21)10-14(15)24(28)29/h3-6,9-11H,7-8H2,1-2H3,(H,22,27). The average Bonchev–Trinajstić information content (AvgIpc) is 3.20. The first-order chi connectivity index (χ1) is 15.2. The molecule has 0 saturated carbocycles. The van der Waals surface area contributed by atoms with Gasteiger partial charge < -0.3 is 19.5 Å². The van der Waals surface area contributed by atoms with Gasteiger partial charge in [0.1, 0.15) is 0 Å². The Balaban J connectivity index is 1.76. The van der Waals surface area contributed by atoms with Crippen LogP contribution in [-0.2, 0) is 9.53 Å². The average molecular weight is 464 g/mol. The zero-order chi connectivity index (χ0) is 23.4. The maximum atomic E-state index is 12.5. The number of nitrogens with zero attached hydrogens (tertiary/aromatic N) is 2. The van der Waals surface area contributed by atoms with E-state index in [2.05, 4.69) is 5.32 Å². The van der Waals surface area contributed by atoms with Gasteiger partial charge in [-0.25, -0.2) is 9.59 Å². The number of amides is 3. The van der Waals surface area contributed by atoms with E-state index in [0.717, 1.165) is 11.0 Å². The minimum Gasteiger partial charge on any atom is -0.493 e. The lowest BCUT2D eigenvalue weighted by molar-refractivity contribution is -0.385. The van der Waals surface area contributed by atoms with E-state index in [0.29, 0.717) is 6.54 Å². The number of esters is 1. The van der Waals surface area contributed by atoms with Crippen molar-refractivity contribution in [1.82, 2.24) is 10.2 Å². The first-order valence-corrected chi connectivity index (χ1v) is 9.69. The van der Waals surface area contributed by atoms with Gasteiger partial charge in [-0.15, -0.1) is 0 Å². The first kappa shape index (κ1) is 22.8. The number of rotatable bonds is 7. The van der Waals surface area contributed by atoms with Crippen LogP contribution in [0, 0.1) is 10.1 Å². The van der Waals surface area contributed by atoms with Crippen molar-refractivity contribution in [3.8, 4) is 17.2 Å². The van der Waals surface area contributed by atoms with E-state index in [-0.39, 0.29) is 40.1 Å². The minimum absolute atomic E-state index is 0.0466. The fourth-order valence-corrected chi connectivity index (χ4v) is 3.06. The van der Waals surface area contributed by atoms with Gasteiger partial charge in [0.2, 0.25) is 5.75 Å². The summed E-state index contributed by atoms with van der Waals surface area (Å²) in [7, 11) is 1.33. The van der Waals surface area contributed by atoms with Crippen molar-refractivity contribution in [2.75, 3.05) is 20.2 Å². The van der Waals surface area contributed by atoms with E-state index in [4.69, 9.17) is 25.8 Å². The number of nitro benzene ring substituents is 1. The van der Waals surface area contributed by atoms with Crippen LogP contribution in [0.2, 0.25) is 5.02 Å². The van der Waals surface area contributed by atoms with Crippen molar-refractivity contribution in [2.24, 2.45) is 0 Å². The Hall–Kier alpha value is -3.86. The predicted molar refractivity (Wildman–Crippen MR) is 111 cm³/mol. The van der Waals surface area contributed by atoms with Gasteiger partial charge in [-0.3, -0.25) is 19.8 Å². The number of urea groups is 1. The van der Waals surface area contributed by atoms with Gasteiger partial charge in [0, 0.05) is 24.2 Å². The molecule has 3 amide bonds. The lowest BCUT2D eigenvalue weighted by atomic mass is 10.2. The van der Waals surface area contributed by atoms with E-state index in [1.807, 2.05) is 0 Å². The van der Waals surface area contributed by atoms with Crippen LogP contribution in [0.1, 0.15) is 17.3 Å². The fourth-order valence-electron chi connectivity index (χ4n) is 2.90. The summed E-state index contributed by atoms with van der Waals surface area (Å²) in [6, 6.07) is 7.39. The van der Waals surface area contributed by atoms with Crippen molar-refractivity contribution >= 4 is 35.2 Å². The molecule has 1 fully saturated rings. The largest absolute Gasteiger partial charge is 0.493 e. The summed E-state index contributed by atoms with van der Waals surface area (Å²) in [5.41, 5.74) is -0.299.